The largest absolute Gasteiger partial charge is 0.474 e. The van der Waals surface area contributed by atoms with Crippen molar-refractivity contribution in [3.8, 4) is 5.88 Å². The molecule has 0 amide bonds. The Kier molecular flexibility index (Phi) is 9.02. The number of methoxy groups -OCH3 is 1. The molecule has 1 N–H and O–H groups in total. The van der Waals surface area contributed by atoms with E-state index < -0.39 is 0 Å². The first-order valence-corrected chi connectivity index (χ1v) is 7.11. The molecule has 1 heterocycles. The molecule has 0 atom stereocenters. The van der Waals surface area contributed by atoms with Crippen molar-refractivity contribution >= 4 is 17.5 Å². The third-order valence-corrected chi connectivity index (χ3v) is 2.61. The topological polar surface area (TPSA) is 65.5 Å². The summed E-state index contributed by atoms with van der Waals surface area (Å²) < 4.78 is 15.8. The van der Waals surface area contributed by atoms with Crippen molar-refractivity contribution in [1.29, 1.82) is 0 Å². The van der Waals surface area contributed by atoms with E-state index in [1.807, 2.05) is 0 Å². The van der Waals surface area contributed by atoms with Crippen LogP contribution in [0.1, 0.15) is 19.8 Å². The van der Waals surface area contributed by atoms with Gasteiger partial charge in [0.25, 0.3) is 0 Å². The molecule has 6 nitrogen and oxygen atoms in total. The lowest BCUT2D eigenvalue weighted by molar-refractivity contribution is 0.0796. The van der Waals surface area contributed by atoms with Crippen LogP contribution in [0.5, 0.6) is 5.88 Å². The minimum Gasteiger partial charge on any atom is -0.474 e. The standard InChI is InChI=1S/C13H22ClN3O3/c1-3-5-15-13-16-10-11(14)12(17-13)20-9-8-19-7-4-6-18-2/h10H,3-9H2,1-2H3,(H,15,16,17). The first-order valence-electron chi connectivity index (χ1n) is 6.73. The van der Waals surface area contributed by atoms with E-state index in [-0.39, 0.29) is 0 Å². The summed E-state index contributed by atoms with van der Waals surface area (Å²) in [6.45, 7) is 5.12. The molecule has 0 saturated heterocycles. The van der Waals surface area contributed by atoms with E-state index in [9.17, 15) is 0 Å². The van der Waals surface area contributed by atoms with Gasteiger partial charge in [0.05, 0.1) is 12.8 Å². The maximum absolute atomic E-state index is 5.98. The average molecular weight is 304 g/mol. The molecule has 1 aromatic heterocycles. The van der Waals surface area contributed by atoms with Crippen molar-refractivity contribution in [1.82, 2.24) is 9.97 Å². The fourth-order valence-electron chi connectivity index (χ4n) is 1.38. The molecular formula is C13H22ClN3O3. The highest BCUT2D eigenvalue weighted by Crippen LogP contribution is 2.21. The number of nitrogens with zero attached hydrogens (tertiary/aromatic N) is 2. The number of nitrogens with one attached hydrogen (secondary N) is 1. The fourth-order valence-corrected chi connectivity index (χ4v) is 1.52. The fraction of sp³-hybridized carbons (Fsp3) is 0.692. The number of hydrogen-bond donors (Lipinski definition) is 1. The molecule has 0 aliphatic rings. The zero-order valence-corrected chi connectivity index (χ0v) is 12.8. The van der Waals surface area contributed by atoms with Gasteiger partial charge in [-0.2, -0.15) is 4.98 Å². The average Bonchev–Trinajstić information content (AvgIpc) is 2.46. The Labute approximate surface area is 124 Å². The molecular weight excluding hydrogens is 282 g/mol. The molecule has 0 unspecified atom stereocenters. The van der Waals surface area contributed by atoms with Gasteiger partial charge in [0.15, 0.2) is 0 Å². The first-order chi connectivity index (χ1) is 9.77. The second kappa shape index (κ2) is 10.7. The lowest BCUT2D eigenvalue weighted by Crippen LogP contribution is -2.11. The third-order valence-electron chi connectivity index (χ3n) is 2.35. The Morgan fingerprint density at radius 2 is 2.10 bits per heavy atom. The van der Waals surface area contributed by atoms with Gasteiger partial charge < -0.3 is 19.5 Å². The molecule has 114 valence electrons. The van der Waals surface area contributed by atoms with Gasteiger partial charge in [0, 0.05) is 26.9 Å². The van der Waals surface area contributed by atoms with Gasteiger partial charge in [-0.25, -0.2) is 4.98 Å². The van der Waals surface area contributed by atoms with E-state index in [0.29, 0.717) is 43.3 Å². The monoisotopic (exact) mass is 303 g/mol. The van der Waals surface area contributed by atoms with Gasteiger partial charge in [-0.05, 0) is 12.8 Å². The molecule has 1 rings (SSSR count). The van der Waals surface area contributed by atoms with Crippen molar-refractivity contribution in [3.63, 3.8) is 0 Å². The van der Waals surface area contributed by atoms with E-state index in [2.05, 4.69) is 22.2 Å². The van der Waals surface area contributed by atoms with Gasteiger partial charge in [0.1, 0.15) is 11.6 Å². The Morgan fingerprint density at radius 3 is 2.85 bits per heavy atom. The van der Waals surface area contributed by atoms with E-state index in [4.69, 9.17) is 25.8 Å². The zero-order valence-electron chi connectivity index (χ0n) is 12.0. The molecule has 1 aromatic rings. The lowest BCUT2D eigenvalue weighted by atomic mass is 10.5. The minimum atomic E-state index is 0.376. The Bertz CT molecular complexity index is 380. The van der Waals surface area contributed by atoms with Gasteiger partial charge in [-0.15, -0.1) is 0 Å². The smallest absolute Gasteiger partial charge is 0.237 e. The number of anilines is 1. The molecule has 0 aliphatic carbocycles. The summed E-state index contributed by atoms with van der Waals surface area (Å²) in [5.41, 5.74) is 0. The normalized spacial score (nSPS) is 10.6. The van der Waals surface area contributed by atoms with Gasteiger partial charge in [-0.1, -0.05) is 18.5 Å². The highest BCUT2D eigenvalue weighted by molar-refractivity contribution is 6.31. The second-order valence-corrected chi connectivity index (χ2v) is 4.49. The Morgan fingerprint density at radius 1 is 1.25 bits per heavy atom. The molecule has 7 heteroatoms. The van der Waals surface area contributed by atoms with Crippen molar-refractivity contribution < 1.29 is 14.2 Å². The molecule has 0 aliphatic heterocycles. The van der Waals surface area contributed by atoms with Gasteiger partial charge in [0.2, 0.25) is 11.8 Å². The maximum atomic E-state index is 5.98. The van der Waals surface area contributed by atoms with E-state index in [0.717, 1.165) is 19.4 Å². The number of halogens is 1. The van der Waals surface area contributed by atoms with Crippen LogP contribution in [0.25, 0.3) is 0 Å². The van der Waals surface area contributed by atoms with Crippen LogP contribution in [-0.2, 0) is 9.47 Å². The van der Waals surface area contributed by atoms with Crippen molar-refractivity contribution in [3.05, 3.63) is 11.2 Å². The quantitative estimate of drug-likeness (QED) is 0.633. The summed E-state index contributed by atoms with van der Waals surface area (Å²) in [5.74, 6) is 0.896. The third kappa shape index (κ3) is 6.88. The molecule has 0 bridgehead atoms. The van der Waals surface area contributed by atoms with Gasteiger partial charge in [-0.3, -0.25) is 0 Å². The minimum absolute atomic E-state index is 0.376. The van der Waals surface area contributed by atoms with Gasteiger partial charge >= 0.3 is 0 Å². The van der Waals surface area contributed by atoms with E-state index in [1.165, 1.54) is 6.20 Å². The molecule has 20 heavy (non-hydrogen) atoms. The van der Waals surface area contributed by atoms with Crippen LogP contribution in [0.2, 0.25) is 5.02 Å². The van der Waals surface area contributed by atoms with Crippen LogP contribution in [0, 0.1) is 0 Å². The van der Waals surface area contributed by atoms with E-state index >= 15 is 0 Å². The molecule has 0 spiro atoms. The Hall–Kier alpha value is -1.11. The number of hydrogen-bond acceptors (Lipinski definition) is 6. The SMILES string of the molecule is CCCNc1ncc(Cl)c(OCCOCCCOC)n1. The van der Waals surface area contributed by atoms with E-state index in [1.54, 1.807) is 7.11 Å². The highest BCUT2D eigenvalue weighted by Gasteiger charge is 2.06. The molecule has 0 radical (unpaired) electrons. The van der Waals surface area contributed by atoms with Crippen LogP contribution in [0.3, 0.4) is 0 Å². The highest BCUT2D eigenvalue weighted by atomic mass is 35.5. The summed E-state index contributed by atoms with van der Waals surface area (Å²) in [4.78, 5) is 8.28. The van der Waals surface area contributed by atoms with Crippen molar-refractivity contribution in [2.24, 2.45) is 0 Å². The van der Waals surface area contributed by atoms with Crippen molar-refractivity contribution in [2.45, 2.75) is 19.8 Å². The Balaban J connectivity index is 2.27. The molecule has 0 aromatic carbocycles. The van der Waals surface area contributed by atoms with Crippen molar-refractivity contribution in [2.75, 3.05) is 45.4 Å². The van der Waals surface area contributed by atoms with Crippen LogP contribution >= 0.6 is 11.6 Å². The second-order valence-electron chi connectivity index (χ2n) is 4.08. The number of aromatic nitrogens is 2. The molecule has 0 fully saturated rings. The van der Waals surface area contributed by atoms with Crippen LogP contribution < -0.4 is 10.1 Å². The van der Waals surface area contributed by atoms with Crippen LogP contribution in [0.15, 0.2) is 6.20 Å². The van der Waals surface area contributed by atoms with Crippen LogP contribution in [0.4, 0.5) is 5.95 Å². The summed E-state index contributed by atoms with van der Waals surface area (Å²) in [7, 11) is 1.67. The lowest BCUT2D eigenvalue weighted by Gasteiger charge is -2.09. The summed E-state index contributed by atoms with van der Waals surface area (Å²) >= 11 is 5.98. The molecule has 0 saturated carbocycles. The van der Waals surface area contributed by atoms with Crippen LogP contribution in [-0.4, -0.2) is 50.1 Å². The summed E-state index contributed by atoms with van der Waals surface area (Å²) in [5, 5.41) is 3.48. The summed E-state index contributed by atoms with van der Waals surface area (Å²) in [6, 6.07) is 0. The summed E-state index contributed by atoms with van der Waals surface area (Å²) in [6.07, 6.45) is 3.40. The predicted octanol–water partition coefficient (Wildman–Crippen LogP) is 2.38. The first kappa shape index (κ1) is 16.9. The number of ether oxygens (including phenoxy) is 3. The maximum Gasteiger partial charge on any atom is 0.237 e. The predicted molar refractivity (Wildman–Crippen MR) is 78.6 cm³/mol. The zero-order chi connectivity index (χ0) is 14.6. The number of rotatable bonds is 11.